The maximum absolute atomic E-state index is 13.5. The van der Waals surface area contributed by atoms with Gasteiger partial charge in [0.05, 0.1) is 18.1 Å². The van der Waals surface area contributed by atoms with E-state index in [1.54, 1.807) is 0 Å². The molecule has 1 rings (SSSR count). The van der Waals surface area contributed by atoms with Crippen LogP contribution in [-0.4, -0.2) is 18.2 Å². The zero-order chi connectivity index (χ0) is 11.6. The highest BCUT2D eigenvalue weighted by Gasteiger charge is 2.21. The molecular weight excluding hydrogens is 223 g/mol. The van der Waals surface area contributed by atoms with Gasteiger partial charge >= 0.3 is 5.97 Å². The van der Waals surface area contributed by atoms with E-state index in [1.807, 2.05) is 0 Å². The molecule has 1 atom stereocenters. The Labute approximate surface area is 91.4 Å². The molecule has 0 radical (unpaired) electrons. The van der Waals surface area contributed by atoms with E-state index in [9.17, 15) is 9.18 Å². The molecule has 1 N–H and O–H groups in total. The van der Waals surface area contributed by atoms with E-state index >= 15 is 0 Å². The van der Waals surface area contributed by atoms with E-state index < -0.39 is 17.7 Å². The summed E-state index contributed by atoms with van der Waals surface area (Å²) in [5.74, 6) is -2.52. The fraction of sp³-hybridized carbons (Fsp3) is 0.300. The number of benzene rings is 1. The van der Waals surface area contributed by atoms with E-state index in [4.69, 9.17) is 21.4 Å². The number of carboxylic acid groups (broad SMARTS) is 1. The van der Waals surface area contributed by atoms with Gasteiger partial charge in [-0.2, -0.15) is 0 Å². The van der Waals surface area contributed by atoms with Crippen LogP contribution in [0.25, 0.3) is 0 Å². The molecule has 0 aliphatic heterocycles. The summed E-state index contributed by atoms with van der Waals surface area (Å²) < 4.78 is 18.3. The van der Waals surface area contributed by atoms with Gasteiger partial charge in [0.15, 0.2) is 0 Å². The monoisotopic (exact) mass is 232 g/mol. The van der Waals surface area contributed by atoms with Crippen LogP contribution in [0.3, 0.4) is 0 Å². The summed E-state index contributed by atoms with van der Waals surface area (Å²) in [6.07, 6.45) is 0. The van der Waals surface area contributed by atoms with Crippen molar-refractivity contribution in [1.82, 2.24) is 0 Å². The van der Waals surface area contributed by atoms with Crippen LogP contribution in [0.15, 0.2) is 12.1 Å². The first-order chi connectivity index (χ1) is 6.97. The Balaban J connectivity index is 3.25. The Kier molecular flexibility index (Phi) is 3.52. The topological polar surface area (TPSA) is 46.5 Å². The van der Waals surface area contributed by atoms with Gasteiger partial charge in [0.25, 0.3) is 0 Å². The second-order valence-corrected chi connectivity index (χ2v) is 3.47. The van der Waals surface area contributed by atoms with Gasteiger partial charge in [-0.15, -0.1) is 0 Å². The minimum absolute atomic E-state index is 0.0232. The van der Waals surface area contributed by atoms with Crippen LogP contribution < -0.4 is 4.74 Å². The maximum Gasteiger partial charge on any atom is 0.310 e. The van der Waals surface area contributed by atoms with Crippen LogP contribution >= 0.6 is 11.6 Å². The Morgan fingerprint density at radius 3 is 2.60 bits per heavy atom. The van der Waals surface area contributed by atoms with Crippen LogP contribution in [0.5, 0.6) is 5.75 Å². The Morgan fingerprint density at radius 2 is 2.20 bits per heavy atom. The van der Waals surface area contributed by atoms with E-state index in [0.29, 0.717) is 0 Å². The molecule has 1 aromatic rings. The molecule has 5 heteroatoms. The lowest BCUT2D eigenvalue weighted by Gasteiger charge is -2.11. The van der Waals surface area contributed by atoms with Crippen molar-refractivity contribution in [2.24, 2.45) is 0 Å². The van der Waals surface area contributed by atoms with Crippen molar-refractivity contribution in [2.45, 2.75) is 12.8 Å². The Bertz CT molecular complexity index is 369. The van der Waals surface area contributed by atoms with Gasteiger partial charge in [0.1, 0.15) is 11.6 Å². The lowest BCUT2D eigenvalue weighted by Crippen LogP contribution is -2.10. The predicted octanol–water partition coefficient (Wildman–Crippen LogP) is 2.68. The van der Waals surface area contributed by atoms with Gasteiger partial charge in [-0.25, -0.2) is 4.39 Å². The van der Waals surface area contributed by atoms with Crippen molar-refractivity contribution in [3.05, 3.63) is 28.5 Å². The van der Waals surface area contributed by atoms with Crippen molar-refractivity contribution in [3.8, 4) is 5.75 Å². The molecule has 0 amide bonds. The molecular formula is C10H10ClFO3. The zero-order valence-corrected chi connectivity index (χ0v) is 9.01. The average molecular weight is 233 g/mol. The third-order valence-electron chi connectivity index (χ3n) is 2.09. The number of hydrogen-bond donors (Lipinski definition) is 1. The second-order valence-electron chi connectivity index (χ2n) is 3.06. The minimum Gasteiger partial charge on any atom is -0.497 e. The standard InChI is InChI=1S/C10H10ClFO3/c1-5(10(13)14)9-7(11)3-6(15-2)4-8(9)12/h3-5H,1-2H3,(H,13,14). The molecule has 0 aromatic heterocycles. The number of halogens is 2. The van der Waals surface area contributed by atoms with Crippen LogP contribution in [-0.2, 0) is 4.79 Å². The predicted molar refractivity (Wildman–Crippen MR) is 54.0 cm³/mol. The Morgan fingerprint density at radius 1 is 1.60 bits per heavy atom. The van der Waals surface area contributed by atoms with Gasteiger partial charge in [0.2, 0.25) is 0 Å². The minimum atomic E-state index is -1.12. The zero-order valence-electron chi connectivity index (χ0n) is 8.25. The van der Waals surface area contributed by atoms with Crippen molar-refractivity contribution in [2.75, 3.05) is 7.11 Å². The molecule has 0 spiro atoms. The maximum atomic E-state index is 13.5. The highest BCUT2D eigenvalue weighted by Crippen LogP contribution is 2.31. The second kappa shape index (κ2) is 4.49. The lowest BCUT2D eigenvalue weighted by atomic mass is 10.0. The normalized spacial score (nSPS) is 12.3. The van der Waals surface area contributed by atoms with Gasteiger partial charge in [-0.05, 0) is 13.0 Å². The number of aliphatic carboxylic acids is 1. The number of rotatable bonds is 3. The van der Waals surface area contributed by atoms with Crippen molar-refractivity contribution in [1.29, 1.82) is 0 Å². The number of hydrogen-bond acceptors (Lipinski definition) is 2. The molecule has 0 aliphatic rings. The van der Waals surface area contributed by atoms with Crippen molar-refractivity contribution >= 4 is 17.6 Å². The first-order valence-corrected chi connectivity index (χ1v) is 4.61. The molecule has 0 aliphatic carbocycles. The summed E-state index contributed by atoms with van der Waals surface area (Å²) in [4.78, 5) is 10.7. The number of carboxylic acids is 1. The molecule has 0 fully saturated rings. The summed E-state index contributed by atoms with van der Waals surface area (Å²) in [5.41, 5.74) is -0.0232. The van der Waals surface area contributed by atoms with E-state index in [2.05, 4.69) is 0 Å². The van der Waals surface area contributed by atoms with E-state index in [1.165, 1.54) is 20.1 Å². The SMILES string of the molecule is COc1cc(F)c(C(C)C(=O)O)c(Cl)c1. The van der Waals surface area contributed by atoms with Crippen LogP contribution in [0, 0.1) is 5.82 Å². The summed E-state index contributed by atoms with van der Waals surface area (Å²) in [6, 6.07) is 2.50. The molecule has 1 unspecified atom stereocenters. The van der Waals surface area contributed by atoms with Crippen LogP contribution in [0.2, 0.25) is 5.02 Å². The smallest absolute Gasteiger partial charge is 0.310 e. The van der Waals surface area contributed by atoms with Gasteiger partial charge in [0, 0.05) is 11.6 Å². The third-order valence-corrected chi connectivity index (χ3v) is 2.40. The summed E-state index contributed by atoms with van der Waals surface area (Å²) in [7, 11) is 1.38. The fourth-order valence-electron chi connectivity index (χ4n) is 1.22. The summed E-state index contributed by atoms with van der Waals surface area (Å²) in [5, 5.41) is 8.81. The quantitative estimate of drug-likeness (QED) is 0.872. The summed E-state index contributed by atoms with van der Waals surface area (Å²) in [6.45, 7) is 1.37. The molecule has 3 nitrogen and oxygen atoms in total. The first-order valence-electron chi connectivity index (χ1n) is 4.23. The molecule has 15 heavy (non-hydrogen) atoms. The third kappa shape index (κ3) is 2.39. The molecule has 82 valence electrons. The largest absolute Gasteiger partial charge is 0.497 e. The summed E-state index contributed by atoms with van der Waals surface area (Å²) >= 11 is 5.77. The van der Waals surface area contributed by atoms with Crippen LogP contribution in [0.4, 0.5) is 4.39 Å². The number of methoxy groups -OCH3 is 1. The van der Waals surface area contributed by atoms with Crippen molar-refractivity contribution in [3.63, 3.8) is 0 Å². The Hall–Kier alpha value is -1.29. The van der Waals surface area contributed by atoms with E-state index in [-0.39, 0.29) is 16.3 Å². The molecule has 0 bridgehead atoms. The average Bonchev–Trinajstić information content (AvgIpc) is 2.16. The first kappa shape index (κ1) is 11.8. The van der Waals surface area contributed by atoms with Gasteiger partial charge in [-0.1, -0.05) is 11.6 Å². The molecule has 1 aromatic carbocycles. The highest BCUT2D eigenvalue weighted by atomic mass is 35.5. The van der Waals surface area contributed by atoms with E-state index in [0.717, 1.165) is 6.07 Å². The highest BCUT2D eigenvalue weighted by molar-refractivity contribution is 6.31. The van der Waals surface area contributed by atoms with Crippen molar-refractivity contribution < 1.29 is 19.0 Å². The van der Waals surface area contributed by atoms with Gasteiger partial charge in [-0.3, -0.25) is 4.79 Å². The number of ether oxygens (including phenoxy) is 1. The lowest BCUT2D eigenvalue weighted by molar-refractivity contribution is -0.138. The fourth-order valence-corrected chi connectivity index (χ4v) is 1.58. The molecule has 0 saturated heterocycles. The molecule has 0 heterocycles. The van der Waals surface area contributed by atoms with Gasteiger partial charge < -0.3 is 9.84 Å². The number of carbonyl (C=O) groups is 1. The molecule has 0 saturated carbocycles. The van der Waals surface area contributed by atoms with Crippen LogP contribution in [0.1, 0.15) is 18.4 Å².